The molecule has 0 aromatic carbocycles. The zero-order valence-electron chi connectivity index (χ0n) is 11.1. The summed E-state index contributed by atoms with van der Waals surface area (Å²) in [6, 6.07) is 0.868. The molecule has 18 heavy (non-hydrogen) atoms. The molecule has 1 aliphatic heterocycles. The summed E-state index contributed by atoms with van der Waals surface area (Å²) >= 11 is 0. The van der Waals surface area contributed by atoms with Crippen LogP contribution in [0.5, 0.6) is 0 Å². The second kappa shape index (κ2) is 5.26. The summed E-state index contributed by atoms with van der Waals surface area (Å²) in [6.07, 6.45) is 4.38. The molecule has 1 unspecified atom stereocenters. The van der Waals surface area contributed by atoms with Crippen LogP contribution in [0.1, 0.15) is 32.1 Å². The first-order valence-corrected chi connectivity index (χ1v) is 6.67. The van der Waals surface area contributed by atoms with E-state index < -0.39 is 11.9 Å². The van der Waals surface area contributed by atoms with Crippen LogP contribution in [0.2, 0.25) is 0 Å². The van der Waals surface area contributed by atoms with Crippen LogP contribution in [0.15, 0.2) is 0 Å². The number of hydrogen-bond donors (Lipinski definition) is 1. The SMILES string of the molecule is CN(C)C1CCC(N2CC(C(=O)O)CC2=O)CC1. The number of carboxylic acids is 1. The van der Waals surface area contributed by atoms with Crippen LogP contribution in [0.25, 0.3) is 0 Å². The molecule has 5 heteroatoms. The van der Waals surface area contributed by atoms with Gasteiger partial charge in [-0.2, -0.15) is 0 Å². The minimum atomic E-state index is -0.840. The van der Waals surface area contributed by atoms with Gasteiger partial charge >= 0.3 is 5.97 Å². The first kappa shape index (κ1) is 13.3. The third kappa shape index (κ3) is 2.66. The average molecular weight is 254 g/mol. The van der Waals surface area contributed by atoms with Crippen LogP contribution < -0.4 is 0 Å². The maximum atomic E-state index is 11.9. The van der Waals surface area contributed by atoms with Gasteiger partial charge in [0, 0.05) is 25.0 Å². The predicted octanol–water partition coefficient (Wildman–Crippen LogP) is 0.792. The molecule has 0 bridgehead atoms. The average Bonchev–Trinajstić information content (AvgIpc) is 2.71. The molecule has 0 aromatic heterocycles. The molecule has 1 N–H and O–H groups in total. The van der Waals surface area contributed by atoms with Crippen molar-refractivity contribution >= 4 is 11.9 Å². The number of carbonyl (C=O) groups is 2. The topological polar surface area (TPSA) is 60.9 Å². The number of amides is 1. The van der Waals surface area contributed by atoms with Crippen LogP contribution in [0, 0.1) is 5.92 Å². The van der Waals surface area contributed by atoms with Gasteiger partial charge in [0.1, 0.15) is 0 Å². The molecular formula is C13H22N2O3. The molecule has 0 radical (unpaired) electrons. The number of carboxylic acid groups (broad SMARTS) is 1. The van der Waals surface area contributed by atoms with Crippen molar-refractivity contribution in [1.29, 1.82) is 0 Å². The first-order valence-electron chi connectivity index (χ1n) is 6.67. The molecule has 2 fully saturated rings. The molecule has 0 aromatic rings. The summed E-state index contributed by atoms with van der Waals surface area (Å²) in [5, 5.41) is 8.98. The maximum absolute atomic E-state index is 11.9. The van der Waals surface area contributed by atoms with Crippen molar-refractivity contribution in [1.82, 2.24) is 9.80 Å². The van der Waals surface area contributed by atoms with Crippen molar-refractivity contribution in [3.05, 3.63) is 0 Å². The van der Waals surface area contributed by atoms with Crippen molar-refractivity contribution < 1.29 is 14.7 Å². The molecule has 1 saturated carbocycles. The fourth-order valence-corrected chi connectivity index (χ4v) is 3.14. The molecule has 5 nitrogen and oxygen atoms in total. The lowest BCUT2D eigenvalue weighted by atomic mass is 9.89. The number of nitrogens with zero attached hydrogens (tertiary/aromatic N) is 2. The van der Waals surface area contributed by atoms with Crippen LogP contribution in [-0.2, 0) is 9.59 Å². The van der Waals surface area contributed by atoms with Crippen molar-refractivity contribution in [2.24, 2.45) is 5.92 Å². The van der Waals surface area contributed by atoms with Crippen molar-refractivity contribution in [3.63, 3.8) is 0 Å². The van der Waals surface area contributed by atoms with Gasteiger partial charge in [0.05, 0.1) is 5.92 Å². The van der Waals surface area contributed by atoms with Gasteiger partial charge in [0.2, 0.25) is 5.91 Å². The molecular weight excluding hydrogens is 232 g/mol. The third-order valence-corrected chi connectivity index (χ3v) is 4.34. The maximum Gasteiger partial charge on any atom is 0.308 e. The molecule has 1 saturated heterocycles. The molecule has 102 valence electrons. The summed E-state index contributed by atoms with van der Waals surface area (Å²) in [5.41, 5.74) is 0. The van der Waals surface area contributed by atoms with E-state index in [9.17, 15) is 9.59 Å². The summed E-state index contributed by atoms with van der Waals surface area (Å²) in [5.74, 6) is -1.31. The molecule has 2 rings (SSSR count). The summed E-state index contributed by atoms with van der Waals surface area (Å²) in [7, 11) is 4.18. The lowest BCUT2D eigenvalue weighted by Gasteiger charge is -2.37. The number of likely N-dealkylation sites (tertiary alicyclic amines) is 1. The highest BCUT2D eigenvalue weighted by Crippen LogP contribution is 2.30. The van der Waals surface area contributed by atoms with Crippen LogP contribution in [0.4, 0.5) is 0 Å². The summed E-state index contributed by atoms with van der Waals surface area (Å²) in [6.45, 7) is 0.408. The van der Waals surface area contributed by atoms with Gasteiger partial charge in [-0.05, 0) is 39.8 Å². The Morgan fingerprint density at radius 1 is 1.28 bits per heavy atom. The standard InChI is InChI=1S/C13H22N2O3/c1-14(2)10-3-5-11(6-4-10)15-8-9(13(17)18)7-12(15)16/h9-11H,3-8H2,1-2H3,(H,17,18). The van der Waals surface area contributed by atoms with Gasteiger partial charge < -0.3 is 14.9 Å². The smallest absolute Gasteiger partial charge is 0.308 e. The second-order valence-corrected chi connectivity index (χ2v) is 5.71. The monoisotopic (exact) mass is 254 g/mol. The predicted molar refractivity (Wildman–Crippen MR) is 67.2 cm³/mol. The zero-order valence-corrected chi connectivity index (χ0v) is 11.1. The molecule has 1 aliphatic carbocycles. The molecule has 0 spiro atoms. The molecule has 1 heterocycles. The second-order valence-electron chi connectivity index (χ2n) is 5.71. The van der Waals surface area contributed by atoms with Gasteiger partial charge in [0.25, 0.3) is 0 Å². The Bertz CT molecular complexity index is 335. The highest BCUT2D eigenvalue weighted by molar-refractivity contribution is 5.86. The fourth-order valence-electron chi connectivity index (χ4n) is 3.14. The number of carbonyl (C=O) groups excluding carboxylic acids is 1. The summed E-state index contributed by atoms with van der Waals surface area (Å²) in [4.78, 5) is 26.8. The Hall–Kier alpha value is -1.10. The van der Waals surface area contributed by atoms with Gasteiger partial charge in [-0.15, -0.1) is 0 Å². The van der Waals surface area contributed by atoms with Crippen LogP contribution >= 0.6 is 0 Å². The Labute approximate surface area is 108 Å². The van der Waals surface area contributed by atoms with E-state index >= 15 is 0 Å². The van der Waals surface area contributed by atoms with Crippen LogP contribution in [0.3, 0.4) is 0 Å². The van der Waals surface area contributed by atoms with Gasteiger partial charge in [-0.1, -0.05) is 0 Å². The van der Waals surface area contributed by atoms with Crippen LogP contribution in [-0.4, -0.2) is 59.5 Å². The lowest BCUT2D eigenvalue weighted by molar-refractivity contribution is -0.141. The Morgan fingerprint density at radius 3 is 2.33 bits per heavy atom. The fraction of sp³-hybridized carbons (Fsp3) is 0.846. The zero-order chi connectivity index (χ0) is 13.3. The Balaban J connectivity index is 1.90. The van der Waals surface area contributed by atoms with Gasteiger partial charge in [0.15, 0.2) is 0 Å². The van der Waals surface area contributed by atoms with E-state index in [0.29, 0.717) is 12.6 Å². The summed E-state index contributed by atoms with van der Waals surface area (Å²) < 4.78 is 0. The molecule has 1 amide bonds. The van der Waals surface area contributed by atoms with E-state index in [0.717, 1.165) is 25.7 Å². The van der Waals surface area contributed by atoms with Gasteiger partial charge in [-0.25, -0.2) is 0 Å². The molecule has 2 aliphatic rings. The normalized spacial score (nSPS) is 33.2. The van der Waals surface area contributed by atoms with E-state index in [-0.39, 0.29) is 18.4 Å². The highest BCUT2D eigenvalue weighted by Gasteiger charge is 2.39. The largest absolute Gasteiger partial charge is 0.481 e. The minimum Gasteiger partial charge on any atom is -0.481 e. The Kier molecular flexibility index (Phi) is 3.90. The van der Waals surface area contributed by atoms with E-state index in [1.54, 1.807) is 0 Å². The van der Waals surface area contributed by atoms with E-state index in [4.69, 9.17) is 5.11 Å². The first-order chi connectivity index (χ1) is 8.49. The van der Waals surface area contributed by atoms with Gasteiger partial charge in [-0.3, -0.25) is 9.59 Å². The number of hydrogen-bond acceptors (Lipinski definition) is 3. The van der Waals surface area contributed by atoms with Crippen molar-refractivity contribution in [2.75, 3.05) is 20.6 Å². The minimum absolute atomic E-state index is 0.0238. The van der Waals surface area contributed by atoms with E-state index in [2.05, 4.69) is 19.0 Å². The van der Waals surface area contributed by atoms with E-state index in [1.165, 1.54) is 0 Å². The lowest BCUT2D eigenvalue weighted by Crippen LogP contribution is -2.43. The number of rotatable bonds is 3. The van der Waals surface area contributed by atoms with Crippen molar-refractivity contribution in [3.8, 4) is 0 Å². The van der Waals surface area contributed by atoms with Crippen molar-refractivity contribution in [2.45, 2.75) is 44.2 Å². The molecule has 1 atom stereocenters. The third-order valence-electron chi connectivity index (χ3n) is 4.34. The quantitative estimate of drug-likeness (QED) is 0.809. The number of aliphatic carboxylic acids is 1. The van der Waals surface area contributed by atoms with E-state index in [1.807, 2.05) is 4.90 Å². The Morgan fingerprint density at radius 2 is 1.89 bits per heavy atom. The highest BCUT2D eigenvalue weighted by atomic mass is 16.4.